The van der Waals surface area contributed by atoms with E-state index < -0.39 is 11.9 Å². The van der Waals surface area contributed by atoms with Crippen molar-refractivity contribution >= 4 is 11.6 Å². The summed E-state index contributed by atoms with van der Waals surface area (Å²) in [5, 5.41) is 3.44. The van der Waals surface area contributed by atoms with Crippen molar-refractivity contribution in [3.05, 3.63) is 23.9 Å². The fourth-order valence-electron chi connectivity index (χ4n) is 1.14. The van der Waals surface area contributed by atoms with Crippen molar-refractivity contribution in [2.24, 2.45) is 0 Å². The highest BCUT2D eigenvalue weighted by molar-refractivity contribution is 5.43. The van der Waals surface area contributed by atoms with Crippen molar-refractivity contribution in [1.82, 2.24) is 14.6 Å². The third kappa shape index (κ3) is 1.26. The molecule has 0 unspecified atom stereocenters. The largest absolute Gasteiger partial charge is 0.433 e. The standard InChI is InChI=1S/C7H5F3N4/c8-7(9,10)4-2-1-3-5-12-6(11)13-14(4)5/h1-3H,(H2,11,13). The van der Waals surface area contributed by atoms with E-state index in [1.807, 2.05) is 0 Å². The summed E-state index contributed by atoms with van der Waals surface area (Å²) >= 11 is 0. The molecular weight excluding hydrogens is 197 g/mol. The molecule has 2 aromatic heterocycles. The first-order chi connectivity index (χ1) is 6.48. The highest BCUT2D eigenvalue weighted by Gasteiger charge is 2.34. The summed E-state index contributed by atoms with van der Waals surface area (Å²) in [6.07, 6.45) is -4.46. The van der Waals surface area contributed by atoms with Gasteiger partial charge >= 0.3 is 6.18 Å². The molecule has 7 heteroatoms. The van der Waals surface area contributed by atoms with E-state index in [1.165, 1.54) is 12.1 Å². The number of halogens is 3. The van der Waals surface area contributed by atoms with E-state index in [2.05, 4.69) is 10.1 Å². The van der Waals surface area contributed by atoms with Gasteiger partial charge in [-0.25, -0.2) is 4.52 Å². The maximum Gasteiger partial charge on any atom is 0.433 e. The van der Waals surface area contributed by atoms with Crippen LogP contribution in [0.25, 0.3) is 5.65 Å². The van der Waals surface area contributed by atoms with Crippen LogP contribution in [0.5, 0.6) is 0 Å². The molecule has 4 nitrogen and oxygen atoms in total. The first-order valence-corrected chi connectivity index (χ1v) is 3.67. The zero-order valence-electron chi connectivity index (χ0n) is 6.78. The smallest absolute Gasteiger partial charge is 0.366 e. The highest BCUT2D eigenvalue weighted by Crippen LogP contribution is 2.29. The van der Waals surface area contributed by atoms with Gasteiger partial charge in [-0.1, -0.05) is 6.07 Å². The Morgan fingerprint density at radius 3 is 2.64 bits per heavy atom. The molecule has 0 fully saturated rings. The van der Waals surface area contributed by atoms with Gasteiger partial charge in [0, 0.05) is 0 Å². The van der Waals surface area contributed by atoms with E-state index in [4.69, 9.17) is 5.73 Å². The van der Waals surface area contributed by atoms with Crippen LogP contribution in [0.2, 0.25) is 0 Å². The lowest BCUT2D eigenvalue weighted by Crippen LogP contribution is -2.12. The third-order valence-corrected chi connectivity index (χ3v) is 1.67. The molecule has 0 spiro atoms. The van der Waals surface area contributed by atoms with Gasteiger partial charge in [0.2, 0.25) is 5.95 Å². The lowest BCUT2D eigenvalue weighted by Gasteiger charge is -2.06. The quantitative estimate of drug-likeness (QED) is 0.701. The number of nitrogens with zero attached hydrogens (tertiary/aromatic N) is 3. The molecule has 0 atom stereocenters. The van der Waals surface area contributed by atoms with Crippen molar-refractivity contribution in [3.8, 4) is 0 Å². The van der Waals surface area contributed by atoms with Gasteiger partial charge in [0.15, 0.2) is 5.65 Å². The molecule has 0 aliphatic carbocycles. The number of nitrogen functional groups attached to an aromatic ring is 1. The van der Waals surface area contributed by atoms with Crippen LogP contribution in [0.15, 0.2) is 18.2 Å². The Balaban J connectivity index is 2.77. The maximum atomic E-state index is 12.4. The molecule has 0 saturated carbocycles. The summed E-state index contributed by atoms with van der Waals surface area (Å²) in [6.45, 7) is 0. The van der Waals surface area contributed by atoms with Gasteiger partial charge in [0.05, 0.1) is 0 Å². The molecule has 2 heterocycles. The molecule has 0 aliphatic rings. The molecule has 14 heavy (non-hydrogen) atoms. The molecular formula is C7H5F3N4. The third-order valence-electron chi connectivity index (χ3n) is 1.67. The van der Waals surface area contributed by atoms with E-state index in [9.17, 15) is 13.2 Å². The van der Waals surface area contributed by atoms with Crippen molar-refractivity contribution in [3.63, 3.8) is 0 Å². The fourth-order valence-corrected chi connectivity index (χ4v) is 1.14. The maximum absolute atomic E-state index is 12.4. The van der Waals surface area contributed by atoms with Crippen LogP contribution in [0.4, 0.5) is 19.1 Å². The normalized spacial score (nSPS) is 12.2. The zero-order chi connectivity index (χ0) is 10.3. The Hall–Kier alpha value is -1.79. The summed E-state index contributed by atoms with van der Waals surface area (Å²) in [5.74, 6) is -0.179. The molecule has 0 saturated heterocycles. The van der Waals surface area contributed by atoms with E-state index in [0.717, 1.165) is 6.07 Å². The molecule has 0 radical (unpaired) electrons. The zero-order valence-corrected chi connectivity index (χ0v) is 6.78. The first kappa shape index (κ1) is 8.79. The summed E-state index contributed by atoms with van der Waals surface area (Å²) < 4.78 is 37.9. The minimum Gasteiger partial charge on any atom is -0.366 e. The average molecular weight is 202 g/mol. The predicted molar refractivity (Wildman–Crippen MR) is 42.4 cm³/mol. The average Bonchev–Trinajstić information content (AvgIpc) is 2.41. The second-order valence-electron chi connectivity index (χ2n) is 2.65. The fraction of sp³-hybridized carbons (Fsp3) is 0.143. The Bertz CT molecular complexity index is 473. The molecule has 0 aliphatic heterocycles. The Labute approximate surface area is 76.2 Å². The number of fused-ring (bicyclic) bond motifs is 1. The van der Waals surface area contributed by atoms with E-state index in [0.29, 0.717) is 4.52 Å². The van der Waals surface area contributed by atoms with Crippen molar-refractivity contribution < 1.29 is 13.2 Å². The molecule has 2 rings (SSSR count). The summed E-state index contributed by atoms with van der Waals surface area (Å²) in [6, 6.07) is 3.58. The van der Waals surface area contributed by atoms with E-state index in [-0.39, 0.29) is 11.6 Å². The van der Waals surface area contributed by atoms with Crippen LogP contribution in [0.1, 0.15) is 5.69 Å². The number of hydrogen-bond acceptors (Lipinski definition) is 3. The highest BCUT2D eigenvalue weighted by atomic mass is 19.4. The minimum atomic E-state index is -4.46. The van der Waals surface area contributed by atoms with Crippen molar-refractivity contribution in [2.75, 3.05) is 5.73 Å². The van der Waals surface area contributed by atoms with Crippen LogP contribution >= 0.6 is 0 Å². The van der Waals surface area contributed by atoms with Crippen molar-refractivity contribution in [1.29, 1.82) is 0 Å². The second kappa shape index (κ2) is 2.60. The second-order valence-corrected chi connectivity index (χ2v) is 2.65. The molecule has 2 N–H and O–H groups in total. The summed E-state index contributed by atoms with van der Waals surface area (Å²) in [7, 11) is 0. The number of pyridine rings is 1. The van der Waals surface area contributed by atoms with Gasteiger partial charge in [-0.2, -0.15) is 18.2 Å². The molecule has 0 amide bonds. The van der Waals surface area contributed by atoms with Crippen molar-refractivity contribution in [2.45, 2.75) is 6.18 Å². The number of nitrogens with two attached hydrogens (primary N) is 1. The van der Waals surface area contributed by atoms with Gasteiger partial charge in [-0.05, 0) is 12.1 Å². The molecule has 2 aromatic rings. The summed E-state index contributed by atoms with van der Waals surface area (Å²) in [4.78, 5) is 3.62. The lowest BCUT2D eigenvalue weighted by atomic mass is 10.3. The Morgan fingerprint density at radius 1 is 1.29 bits per heavy atom. The molecule has 74 valence electrons. The molecule has 0 bridgehead atoms. The van der Waals surface area contributed by atoms with Crippen LogP contribution in [-0.2, 0) is 6.18 Å². The number of rotatable bonds is 0. The van der Waals surface area contributed by atoms with E-state index in [1.54, 1.807) is 0 Å². The Kier molecular flexibility index (Phi) is 1.63. The van der Waals surface area contributed by atoms with Crippen LogP contribution in [0.3, 0.4) is 0 Å². The van der Waals surface area contributed by atoms with Gasteiger partial charge in [0.25, 0.3) is 0 Å². The number of hydrogen-bond donors (Lipinski definition) is 1. The Morgan fingerprint density at radius 2 is 2.00 bits per heavy atom. The topological polar surface area (TPSA) is 56.2 Å². The van der Waals surface area contributed by atoms with Gasteiger partial charge in [0.1, 0.15) is 5.69 Å². The minimum absolute atomic E-state index is 0.0809. The van der Waals surface area contributed by atoms with Crippen LogP contribution < -0.4 is 5.73 Å². The predicted octanol–water partition coefficient (Wildman–Crippen LogP) is 1.33. The number of aromatic nitrogens is 3. The number of alkyl halides is 3. The lowest BCUT2D eigenvalue weighted by molar-refractivity contribution is -0.142. The summed E-state index contributed by atoms with van der Waals surface area (Å²) in [5.41, 5.74) is 4.38. The molecule has 0 aromatic carbocycles. The first-order valence-electron chi connectivity index (χ1n) is 3.67. The number of anilines is 1. The monoisotopic (exact) mass is 202 g/mol. The van der Waals surface area contributed by atoms with E-state index >= 15 is 0 Å². The van der Waals surface area contributed by atoms with Gasteiger partial charge in [-0.15, -0.1) is 5.10 Å². The van der Waals surface area contributed by atoms with Gasteiger partial charge in [-0.3, -0.25) is 0 Å². The van der Waals surface area contributed by atoms with Crippen LogP contribution in [0, 0.1) is 0 Å². The van der Waals surface area contributed by atoms with Gasteiger partial charge < -0.3 is 5.73 Å². The SMILES string of the molecule is Nc1nc2cccc(C(F)(F)F)n2n1. The van der Waals surface area contributed by atoms with Crippen LogP contribution in [-0.4, -0.2) is 14.6 Å².